The van der Waals surface area contributed by atoms with Crippen LogP contribution in [-0.2, 0) is 6.54 Å². The molecule has 2 aromatic rings. The number of nitrogens with zero attached hydrogens (tertiary/aromatic N) is 3. The summed E-state index contributed by atoms with van der Waals surface area (Å²) in [4.78, 5) is 14.9. The molecule has 0 aliphatic heterocycles. The Hall–Kier alpha value is -0.990. The fraction of sp³-hybridized carbons (Fsp3) is 0.300. The molecule has 1 N–H and O–H groups in total. The van der Waals surface area contributed by atoms with Crippen molar-refractivity contribution in [3.05, 3.63) is 26.3 Å². The van der Waals surface area contributed by atoms with Gasteiger partial charge in [-0.2, -0.15) is 0 Å². The summed E-state index contributed by atoms with van der Waals surface area (Å²) in [6, 6.07) is 3.84. The second-order valence-electron chi connectivity index (χ2n) is 3.39. The summed E-state index contributed by atoms with van der Waals surface area (Å²) in [7, 11) is 0. The largest absolute Gasteiger partial charge is 0.324 e. The van der Waals surface area contributed by atoms with E-state index in [1.165, 1.54) is 11.3 Å². The summed E-state index contributed by atoms with van der Waals surface area (Å²) in [5.41, 5.74) is 1.59. The molecule has 0 saturated heterocycles. The molecule has 0 spiro atoms. The number of halogens is 1. The Kier molecular flexibility index (Phi) is 4.67. The molecule has 0 saturated carbocycles. The Bertz CT molecular complexity index is 514. The Morgan fingerprint density at radius 2 is 2.39 bits per heavy atom. The van der Waals surface area contributed by atoms with Gasteiger partial charge in [0.05, 0.1) is 10.3 Å². The molecule has 0 unspecified atom stereocenters. The molecular formula is C10H11BrN4OS2. The topological polar surface area (TPSA) is 58.1 Å². The Labute approximate surface area is 121 Å². The van der Waals surface area contributed by atoms with E-state index in [0.717, 1.165) is 8.66 Å². The zero-order valence-corrected chi connectivity index (χ0v) is 12.8. The number of carbonyl (C=O) groups excluding carboxylic acids is 1. The van der Waals surface area contributed by atoms with E-state index in [2.05, 4.69) is 31.4 Å². The van der Waals surface area contributed by atoms with E-state index in [1.54, 1.807) is 21.7 Å². The van der Waals surface area contributed by atoms with Crippen molar-refractivity contribution in [2.75, 3.05) is 11.9 Å². The maximum Gasteiger partial charge on any atom is 0.324 e. The summed E-state index contributed by atoms with van der Waals surface area (Å²) in [6.07, 6.45) is 0. The minimum atomic E-state index is -0.154. The van der Waals surface area contributed by atoms with Crippen LogP contribution in [0.4, 0.5) is 9.93 Å². The van der Waals surface area contributed by atoms with Gasteiger partial charge >= 0.3 is 6.03 Å². The molecule has 0 aliphatic carbocycles. The summed E-state index contributed by atoms with van der Waals surface area (Å²) in [6.45, 7) is 3.18. The smallest absolute Gasteiger partial charge is 0.320 e. The molecule has 8 heteroatoms. The van der Waals surface area contributed by atoms with E-state index < -0.39 is 0 Å². The van der Waals surface area contributed by atoms with Crippen LogP contribution in [0.3, 0.4) is 0 Å². The third-order valence-corrected chi connectivity index (χ3v) is 4.43. The van der Waals surface area contributed by atoms with Crippen LogP contribution < -0.4 is 5.32 Å². The highest BCUT2D eigenvalue weighted by Gasteiger charge is 2.14. The van der Waals surface area contributed by atoms with Crippen LogP contribution in [-0.4, -0.2) is 27.7 Å². The van der Waals surface area contributed by atoms with Gasteiger partial charge in [0.1, 0.15) is 5.51 Å². The summed E-state index contributed by atoms with van der Waals surface area (Å²) < 4.78 is 1.07. The average molecular weight is 347 g/mol. The number of rotatable bonds is 4. The number of thiophene rings is 1. The number of anilines is 1. The molecule has 0 aliphatic rings. The van der Waals surface area contributed by atoms with E-state index in [0.29, 0.717) is 18.2 Å². The number of aromatic nitrogens is 2. The average Bonchev–Trinajstić information content (AvgIpc) is 2.97. The molecule has 96 valence electrons. The van der Waals surface area contributed by atoms with Crippen molar-refractivity contribution in [2.24, 2.45) is 0 Å². The van der Waals surface area contributed by atoms with Crippen LogP contribution in [0.2, 0.25) is 0 Å². The fourth-order valence-corrected chi connectivity index (χ4v) is 3.28. The number of hydrogen-bond donors (Lipinski definition) is 1. The molecule has 0 bridgehead atoms. The Morgan fingerprint density at radius 1 is 1.56 bits per heavy atom. The van der Waals surface area contributed by atoms with Crippen molar-refractivity contribution >= 4 is 49.8 Å². The summed E-state index contributed by atoms with van der Waals surface area (Å²) >= 11 is 6.34. The molecule has 0 aromatic carbocycles. The first-order chi connectivity index (χ1) is 8.69. The standard InChI is InChI=1S/C10H11BrN4OS2/c1-2-15(5-7-3-4-8(11)18-7)10(16)13-9-14-12-6-17-9/h3-4,6H,2,5H2,1H3,(H,13,14,16). The minimum absolute atomic E-state index is 0.154. The van der Waals surface area contributed by atoms with Crippen molar-refractivity contribution < 1.29 is 4.79 Å². The first kappa shape index (κ1) is 13.4. The molecule has 0 radical (unpaired) electrons. The van der Waals surface area contributed by atoms with E-state index in [1.807, 2.05) is 19.1 Å². The maximum absolute atomic E-state index is 12.0. The normalized spacial score (nSPS) is 10.3. The molecule has 2 rings (SSSR count). The van der Waals surface area contributed by atoms with Crippen molar-refractivity contribution in [1.82, 2.24) is 15.1 Å². The number of carbonyl (C=O) groups is 1. The molecule has 5 nitrogen and oxygen atoms in total. The van der Waals surface area contributed by atoms with Gasteiger partial charge in [-0.05, 0) is 35.0 Å². The summed E-state index contributed by atoms with van der Waals surface area (Å²) in [5.74, 6) is 0. The number of nitrogens with one attached hydrogen (secondary N) is 1. The van der Waals surface area contributed by atoms with Gasteiger partial charge in [-0.25, -0.2) is 4.79 Å². The van der Waals surface area contributed by atoms with Gasteiger partial charge < -0.3 is 4.90 Å². The lowest BCUT2D eigenvalue weighted by Crippen LogP contribution is -2.34. The van der Waals surface area contributed by atoms with Crippen LogP contribution in [0.1, 0.15) is 11.8 Å². The lowest BCUT2D eigenvalue weighted by Gasteiger charge is -2.19. The van der Waals surface area contributed by atoms with Gasteiger partial charge in [0.25, 0.3) is 0 Å². The summed E-state index contributed by atoms with van der Waals surface area (Å²) in [5, 5.41) is 10.7. The lowest BCUT2D eigenvalue weighted by molar-refractivity contribution is 0.212. The van der Waals surface area contributed by atoms with Crippen molar-refractivity contribution in [3.63, 3.8) is 0 Å². The van der Waals surface area contributed by atoms with E-state index in [-0.39, 0.29) is 6.03 Å². The second-order valence-corrected chi connectivity index (χ2v) is 6.77. The van der Waals surface area contributed by atoms with Crippen molar-refractivity contribution in [3.8, 4) is 0 Å². The first-order valence-corrected chi connectivity index (χ1v) is 7.74. The van der Waals surface area contributed by atoms with Gasteiger partial charge in [0.2, 0.25) is 5.13 Å². The minimum Gasteiger partial charge on any atom is -0.320 e. The SMILES string of the molecule is CCN(Cc1ccc(Br)s1)C(=O)Nc1nncs1. The molecule has 0 atom stereocenters. The van der Waals surface area contributed by atoms with Gasteiger partial charge in [-0.3, -0.25) is 5.32 Å². The third-order valence-electron chi connectivity index (χ3n) is 2.22. The first-order valence-electron chi connectivity index (χ1n) is 5.25. The van der Waals surface area contributed by atoms with Crippen LogP contribution in [0.5, 0.6) is 0 Å². The second kappa shape index (κ2) is 6.26. The van der Waals surface area contributed by atoms with E-state index in [4.69, 9.17) is 0 Å². The van der Waals surface area contributed by atoms with Gasteiger partial charge in [-0.15, -0.1) is 21.5 Å². The van der Waals surface area contributed by atoms with Gasteiger partial charge in [-0.1, -0.05) is 11.3 Å². The molecular weight excluding hydrogens is 336 g/mol. The maximum atomic E-state index is 12.0. The highest BCUT2D eigenvalue weighted by atomic mass is 79.9. The number of urea groups is 1. The van der Waals surface area contributed by atoms with Crippen molar-refractivity contribution in [2.45, 2.75) is 13.5 Å². The van der Waals surface area contributed by atoms with Crippen LogP contribution in [0, 0.1) is 0 Å². The highest BCUT2D eigenvalue weighted by molar-refractivity contribution is 9.11. The van der Waals surface area contributed by atoms with E-state index >= 15 is 0 Å². The molecule has 0 fully saturated rings. The molecule has 18 heavy (non-hydrogen) atoms. The Balaban J connectivity index is 1.97. The molecule has 2 amide bonds. The van der Waals surface area contributed by atoms with E-state index in [9.17, 15) is 4.79 Å². The highest BCUT2D eigenvalue weighted by Crippen LogP contribution is 2.23. The number of amides is 2. The van der Waals surface area contributed by atoms with Crippen LogP contribution in [0.25, 0.3) is 0 Å². The van der Waals surface area contributed by atoms with Gasteiger partial charge in [0.15, 0.2) is 0 Å². The fourth-order valence-electron chi connectivity index (χ4n) is 1.35. The lowest BCUT2D eigenvalue weighted by atomic mass is 10.4. The molecule has 2 heterocycles. The zero-order valence-electron chi connectivity index (χ0n) is 9.59. The van der Waals surface area contributed by atoms with Crippen molar-refractivity contribution in [1.29, 1.82) is 0 Å². The Morgan fingerprint density at radius 3 is 2.94 bits per heavy atom. The third kappa shape index (κ3) is 3.50. The predicted octanol–water partition coefficient (Wildman–Crippen LogP) is 3.42. The van der Waals surface area contributed by atoms with Crippen LogP contribution in [0.15, 0.2) is 21.4 Å². The van der Waals surface area contributed by atoms with Gasteiger partial charge in [0, 0.05) is 11.4 Å². The van der Waals surface area contributed by atoms with Crippen LogP contribution >= 0.6 is 38.6 Å². The quantitative estimate of drug-likeness (QED) is 0.922. The monoisotopic (exact) mass is 346 g/mol. The molecule has 2 aromatic heterocycles. The number of hydrogen-bond acceptors (Lipinski definition) is 5. The predicted molar refractivity (Wildman–Crippen MR) is 77.0 cm³/mol. The zero-order chi connectivity index (χ0) is 13.0.